The number of hydrogen-bond acceptors (Lipinski definition) is 5. The highest BCUT2D eigenvalue weighted by Crippen LogP contribution is 2.37. The molecule has 0 radical (unpaired) electrons. The van der Waals surface area contributed by atoms with Crippen LogP contribution in [0, 0.1) is 0 Å². The van der Waals surface area contributed by atoms with Crippen molar-refractivity contribution in [1.82, 2.24) is 15.1 Å². The maximum Gasteiger partial charge on any atom is 0.254 e. The molecule has 2 heterocycles. The maximum absolute atomic E-state index is 12.5. The van der Waals surface area contributed by atoms with Crippen LogP contribution in [0.25, 0.3) is 5.57 Å². The van der Waals surface area contributed by atoms with Gasteiger partial charge in [0, 0.05) is 50.4 Å². The zero-order valence-electron chi connectivity index (χ0n) is 19.3. The lowest BCUT2D eigenvalue weighted by Crippen LogP contribution is -2.42. The molecule has 0 saturated carbocycles. The highest BCUT2D eigenvalue weighted by atomic mass is 16.5. The van der Waals surface area contributed by atoms with E-state index in [0.717, 1.165) is 25.9 Å². The van der Waals surface area contributed by atoms with E-state index in [1.54, 1.807) is 29.2 Å². The molecule has 2 aromatic carbocycles. The summed E-state index contributed by atoms with van der Waals surface area (Å²) < 4.78 is 5.29. The topological polar surface area (TPSA) is 82.1 Å². The minimum Gasteiger partial charge on any atom is -0.390 e. The molecule has 34 heavy (non-hydrogen) atoms. The largest absolute Gasteiger partial charge is 0.390 e. The Hall–Kier alpha value is -3.00. The number of β-amino-alcohol motifs (C(OH)–C–C–N with tert-alkyl or cyclic N) is 1. The van der Waals surface area contributed by atoms with E-state index in [4.69, 9.17) is 4.74 Å². The molecule has 0 bridgehead atoms. The van der Waals surface area contributed by atoms with Crippen molar-refractivity contribution in [3.05, 3.63) is 76.4 Å². The SMILES string of the molecule is O=C(NCC(O)CN1CCC2=C(Cc3ccccc32)C1)c1ccc(C(=O)N2CCOCC2)cc1. The number of aliphatic hydroxyl groups is 1. The number of carbonyl (C=O) groups excluding carboxylic acids is 2. The molecule has 5 rings (SSSR count). The molecule has 1 aliphatic carbocycles. The van der Waals surface area contributed by atoms with Gasteiger partial charge in [0.15, 0.2) is 0 Å². The van der Waals surface area contributed by atoms with Crippen LogP contribution >= 0.6 is 0 Å². The predicted octanol–water partition coefficient (Wildman–Crippen LogP) is 1.97. The number of nitrogens with zero attached hydrogens (tertiary/aromatic N) is 2. The molecule has 2 amide bonds. The van der Waals surface area contributed by atoms with Crippen molar-refractivity contribution >= 4 is 17.4 Å². The first-order chi connectivity index (χ1) is 16.6. The van der Waals surface area contributed by atoms with Gasteiger partial charge in [-0.3, -0.25) is 14.5 Å². The van der Waals surface area contributed by atoms with E-state index < -0.39 is 6.10 Å². The molecule has 1 unspecified atom stereocenters. The van der Waals surface area contributed by atoms with Crippen molar-refractivity contribution in [3.8, 4) is 0 Å². The molecular formula is C27H31N3O4. The van der Waals surface area contributed by atoms with Crippen LogP contribution in [-0.4, -0.2) is 85.3 Å². The Morgan fingerprint density at radius 2 is 1.74 bits per heavy atom. The molecule has 7 nitrogen and oxygen atoms in total. The molecule has 3 aliphatic rings. The highest BCUT2D eigenvalue weighted by Gasteiger charge is 2.27. The fourth-order valence-corrected chi connectivity index (χ4v) is 5.12. The second kappa shape index (κ2) is 10.1. The zero-order valence-corrected chi connectivity index (χ0v) is 19.3. The minimum atomic E-state index is -0.642. The van der Waals surface area contributed by atoms with Crippen molar-refractivity contribution in [1.29, 1.82) is 0 Å². The Balaban J connectivity index is 1.09. The summed E-state index contributed by atoms with van der Waals surface area (Å²) in [4.78, 5) is 29.1. The molecule has 1 fully saturated rings. The van der Waals surface area contributed by atoms with Crippen LogP contribution in [-0.2, 0) is 11.2 Å². The number of amides is 2. The number of hydrogen-bond donors (Lipinski definition) is 2. The second-order valence-corrected chi connectivity index (χ2v) is 9.25. The van der Waals surface area contributed by atoms with E-state index in [-0.39, 0.29) is 18.4 Å². The Morgan fingerprint density at radius 1 is 1.00 bits per heavy atom. The van der Waals surface area contributed by atoms with Crippen molar-refractivity contribution in [2.24, 2.45) is 0 Å². The summed E-state index contributed by atoms with van der Waals surface area (Å²) in [6.45, 7) is 4.78. The van der Waals surface area contributed by atoms with Crippen LogP contribution in [0.5, 0.6) is 0 Å². The highest BCUT2D eigenvalue weighted by molar-refractivity contribution is 5.97. The number of rotatable bonds is 6. The first kappa shape index (κ1) is 22.8. The lowest BCUT2D eigenvalue weighted by molar-refractivity contribution is 0.0303. The van der Waals surface area contributed by atoms with Gasteiger partial charge in [-0.2, -0.15) is 0 Å². The van der Waals surface area contributed by atoms with Crippen LogP contribution in [0.4, 0.5) is 0 Å². The molecule has 1 saturated heterocycles. The predicted molar refractivity (Wildman–Crippen MR) is 130 cm³/mol. The van der Waals surface area contributed by atoms with Gasteiger partial charge in [0.25, 0.3) is 11.8 Å². The lowest BCUT2D eigenvalue weighted by atomic mass is 9.99. The van der Waals surface area contributed by atoms with Gasteiger partial charge in [-0.25, -0.2) is 0 Å². The summed E-state index contributed by atoms with van der Waals surface area (Å²) in [5, 5.41) is 13.4. The van der Waals surface area contributed by atoms with Gasteiger partial charge in [-0.05, 0) is 59.4 Å². The van der Waals surface area contributed by atoms with E-state index in [2.05, 4.69) is 34.5 Å². The summed E-state index contributed by atoms with van der Waals surface area (Å²) in [5.41, 5.74) is 6.76. The fraction of sp³-hybridized carbons (Fsp3) is 0.407. The summed E-state index contributed by atoms with van der Waals surface area (Å²) in [6.07, 6.45) is 1.36. The van der Waals surface area contributed by atoms with Crippen molar-refractivity contribution in [3.63, 3.8) is 0 Å². The zero-order chi connectivity index (χ0) is 23.5. The number of ether oxygens (including phenoxy) is 1. The molecule has 2 aromatic rings. The molecule has 2 N–H and O–H groups in total. The van der Waals surface area contributed by atoms with Gasteiger partial charge < -0.3 is 20.1 Å². The Kier molecular flexibility index (Phi) is 6.76. The average molecular weight is 462 g/mol. The molecule has 7 heteroatoms. The molecule has 178 valence electrons. The minimum absolute atomic E-state index is 0.0455. The number of fused-ring (bicyclic) bond motifs is 2. The number of benzene rings is 2. The Bertz CT molecular complexity index is 1090. The van der Waals surface area contributed by atoms with Crippen LogP contribution in [0.3, 0.4) is 0 Å². The van der Waals surface area contributed by atoms with Crippen LogP contribution in [0.15, 0.2) is 54.1 Å². The molecule has 1 atom stereocenters. The monoisotopic (exact) mass is 461 g/mol. The lowest BCUT2D eigenvalue weighted by Gasteiger charge is -2.30. The van der Waals surface area contributed by atoms with Crippen LogP contribution in [0.2, 0.25) is 0 Å². The molecule has 0 spiro atoms. The average Bonchev–Trinajstić information content (AvgIpc) is 3.25. The number of morpholine rings is 1. The first-order valence-corrected chi connectivity index (χ1v) is 12.0. The standard InChI is InChI=1S/C27H31N3O4/c31-23(18-29-10-9-25-22(17-29)15-21-3-1-2-4-24(21)25)16-28-26(32)19-5-7-20(8-6-19)27(33)30-11-13-34-14-12-30/h1-8,23,31H,9-18H2,(H,28,32). The number of aliphatic hydroxyl groups excluding tert-OH is 1. The smallest absolute Gasteiger partial charge is 0.254 e. The van der Waals surface area contributed by atoms with E-state index in [1.165, 1.54) is 22.3 Å². The van der Waals surface area contributed by atoms with Crippen molar-refractivity contribution in [2.75, 3.05) is 52.5 Å². The quantitative estimate of drug-likeness (QED) is 0.688. The molecular weight excluding hydrogens is 430 g/mol. The third-order valence-electron chi connectivity index (χ3n) is 6.93. The first-order valence-electron chi connectivity index (χ1n) is 12.0. The van der Waals surface area contributed by atoms with Crippen LogP contribution in [0.1, 0.15) is 38.3 Å². The van der Waals surface area contributed by atoms with E-state index in [9.17, 15) is 14.7 Å². The summed E-state index contributed by atoms with van der Waals surface area (Å²) in [7, 11) is 0. The summed E-state index contributed by atoms with van der Waals surface area (Å²) >= 11 is 0. The Morgan fingerprint density at radius 3 is 2.53 bits per heavy atom. The van der Waals surface area contributed by atoms with E-state index in [0.29, 0.717) is 44.0 Å². The van der Waals surface area contributed by atoms with E-state index in [1.807, 2.05) is 0 Å². The van der Waals surface area contributed by atoms with Gasteiger partial charge in [-0.15, -0.1) is 0 Å². The third-order valence-corrected chi connectivity index (χ3v) is 6.93. The third kappa shape index (κ3) is 4.92. The van der Waals surface area contributed by atoms with Gasteiger partial charge >= 0.3 is 0 Å². The fourth-order valence-electron chi connectivity index (χ4n) is 5.12. The summed E-state index contributed by atoms with van der Waals surface area (Å²) in [5.74, 6) is -0.296. The normalized spacial score (nSPS) is 18.9. The van der Waals surface area contributed by atoms with Crippen molar-refractivity contribution < 1.29 is 19.4 Å². The van der Waals surface area contributed by atoms with Gasteiger partial charge in [-0.1, -0.05) is 24.3 Å². The molecule has 2 aliphatic heterocycles. The second-order valence-electron chi connectivity index (χ2n) is 9.25. The Labute approximate surface area is 200 Å². The number of carbonyl (C=O) groups is 2. The van der Waals surface area contributed by atoms with Gasteiger partial charge in [0.1, 0.15) is 0 Å². The summed E-state index contributed by atoms with van der Waals surface area (Å²) in [6, 6.07) is 15.3. The van der Waals surface area contributed by atoms with Crippen LogP contribution < -0.4 is 5.32 Å². The van der Waals surface area contributed by atoms with Gasteiger partial charge in [0.05, 0.1) is 19.3 Å². The maximum atomic E-state index is 12.5. The number of nitrogens with one attached hydrogen (secondary N) is 1. The van der Waals surface area contributed by atoms with Gasteiger partial charge in [0.2, 0.25) is 0 Å². The van der Waals surface area contributed by atoms with E-state index >= 15 is 0 Å². The van der Waals surface area contributed by atoms with Crippen molar-refractivity contribution in [2.45, 2.75) is 18.9 Å². The molecule has 0 aromatic heterocycles.